The summed E-state index contributed by atoms with van der Waals surface area (Å²) in [6.07, 6.45) is 0.350. The predicted molar refractivity (Wildman–Crippen MR) is 81.2 cm³/mol. The Labute approximate surface area is 123 Å². The number of nitrogens with one attached hydrogen (secondary N) is 1. The second kappa shape index (κ2) is 8.29. The van der Waals surface area contributed by atoms with Gasteiger partial charge in [0, 0.05) is 44.8 Å². The van der Waals surface area contributed by atoms with Gasteiger partial charge in [-0.2, -0.15) is 0 Å². The van der Waals surface area contributed by atoms with E-state index in [-0.39, 0.29) is 0 Å². The molecule has 20 heavy (non-hydrogen) atoms. The molecule has 2 aliphatic heterocycles. The van der Waals surface area contributed by atoms with Crippen LogP contribution in [0.1, 0.15) is 20.8 Å². The summed E-state index contributed by atoms with van der Waals surface area (Å²) in [5, 5.41) is 3.53. The van der Waals surface area contributed by atoms with Crippen molar-refractivity contribution in [2.45, 2.75) is 39.0 Å². The lowest BCUT2D eigenvalue weighted by atomic mass is 10.1. The third-order valence-electron chi connectivity index (χ3n) is 4.22. The molecule has 0 aromatic heterocycles. The highest BCUT2D eigenvalue weighted by molar-refractivity contribution is 4.82. The molecule has 5 heteroatoms. The molecule has 0 saturated carbocycles. The summed E-state index contributed by atoms with van der Waals surface area (Å²) in [6, 6.07) is 1.01. The molecule has 1 N–H and O–H groups in total. The largest absolute Gasteiger partial charge is 0.378 e. The van der Waals surface area contributed by atoms with E-state index in [1.807, 2.05) is 0 Å². The fourth-order valence-corrected chi connectivity index (χ4v) is 2.93. The second-order valence-electron chi connectivity index (χ2n) is 6.17. The first-order chi connectivity index (χ1) is 9.69. The quantitative estimate of drug-likeness (QED) is 0.765. The predicted octanol–water partition coefficient (Wildman–Crippen LogP) is 0.406. The average Bonchev–Trinajstić information content (AvgIpc) is 2.46. The minimum absolute atomic E-state index is 0.350. The average molecular weight is 285 g/mol. The van der Waals surface area contributed by atoms with Gasteiger partial charge in [-0.15, -0.1) is 0 Å². The van der Waals surface area contributed by atoms with Crippen molar-refractivity contribution in [2.24, 2.45) is 0 Å². The van der Waals surface area contributed by atoms with E-state index in [1.165, 1.54) is 0 Å². The Morgan fingerprint density at radius 2 is 2.10 bits per heavy atom. The number of ether oxygens (including phenoxy) is 2. The first kappa shape index (κ1) is 16.2. The molecule has 0 radical (unpaired) electrons. The molecular formula is C15H31N3O2. The van der Waals surface area contributed by atoms with Crippen LogP contribution < -0.4 is 5.32 Å². The van der Waals surface area contributed by atoms with Gasteiger partial charge in [-0.1, -0.05) is 20.8 Å². The summed E-state index contributed by atoms with van der Waals surface area (Å²) in [5.74, 6) is 0. The first-order valence-electron chi connectivity index (χ1n) is 8.08. The zero-order chi connectivity index (χ0) is 14.4. The van der Waals surface area contributed by atoms with Crippen LogP contribution >= 0.6 is 0 Å². The highest BCUT2D eigenvalue weighted by Crippen LogP contribution is 2.12. The summed E-state index contributed by atoms with van der Waals surface area (Å²) >= 11 is 0. The summed E-state index contributed by atoms with van der Waals surface area (Å²) in [4.78, 5) is 5.03. The van der Waals surface area contributed by atoms with Crippen molar-refractivity contribution < 1.29 is 9.47 Å². The topological polar surface area (TPSA) is 37.0 Å². The van der Waals surface area contributed by atoms with Gasteiger partial charge in [-0.05, 0) is 6.54 Å². The van der Waals surface area contributed by atoms with E-state index >= 15 is 0 Å². The maximum Gasteiger partial charge on any atom is 0.0829 e. The molecule has 2 unspecified atom stereocenters. The van der Waals surface area contributed by atoms with Crippen LogP contribution in [-0.4, -0.2) is 87.1 Å². The van der Waals surface area contributed by atoms with Crippen LogP contribution in [0.25, 0.3) is 0 Å². The summed E-state index contributed by atoms with van der Waals surface area (Å²) in [5.41, 5.74) is 0. The van der Waals surface area contributed by atoms with Crippen LogP contribution in [0.4, 0.5) is 0 Å². The SMILES string of the molecule is CCN1CCOC(CN2CCOCC2CNC(C)C)C1. The maximum atomic E-state index is 5.94. The van der Waals surface area contributed by atoms with Crippen molar-refractivity contribution >= 4 is 0 Å². The molecule has 2 rings (SSSR count). The molecule has 0 bridgehead atoms. The lowest BCUT2D eigenvalue weighted by Gasteiger charge is -2.40. The van der Waals surface area contributed by atoms with Crippen LogP contribution in [0.5, 0.6) is 0 Å². The third kappa shape index (κ3) is 4.97. The minimum atomic E-state index is 0.350. The van der Waals surface area contributed by atoms with Crippen molar-refractivity contribution in [3.63, 3.8) is 0 Å². The molecule has 2 atom stereocenters. The number of morpholine rings is 2. The molecule has 0 amide bonds. The van der Waals surface area contributed by atoms with Crippen molar-refractivity contribution in [3.8, 4) is 0 Å². The van der Waals surface area contributed by atoms with Crippen molar-refractivity contribution in [1.82, 2.24) is 15.1 Å². The Bertz CT molecular complexity index is 276. The van der Waals surface area contributed by atoms with Crippen LogP contribution in [0, 0.1) is 0 Å². The molecule has 0 aromatic carbocycles. The first-order valence-corrected chi connectivity index (χ1v) is 8.08. The van der Waals surface area contributed by atoms with Gasteiger partial charge >= 0.3 is 0 Å². The van der Waals surface area contributed by atoms with Gasteiger partial charge in [-0.3, -0.25) is 9.80 Å². The highest BCUT2D eigenvalue weighted by atomic mass is 16.5. The van der Waals surface area contributed by atoms with Gasteiger partial charge in [0.05, 0.1) is 25.9 Å². The van der Waals surface area contributed by atoms with Gasteiger partial charge in [0.15, 0.2) is 0 Å². The molecule has 0 aliphatic carbocycles. The van der Waals surface area contributed by atoms with Gasteiger partial charge in [0.2, 0.25) is 0 Å². The van der Waals surface area contributed by atoms with Crippen LogP contribution in [0.15, 0.2) is 0 Å². The van der Waals surface area contributed by atoms with E-state index < -0.39 is 0 Å². The van der Waals surface area contributed by atoms with Crippen LogP contribution in [-0.2, 0) is 9.47 Å². The van der Waals surface area contributed by atoms with Gasteiger partial charge in [-0.25, -0.2) is 0 Å². The van der Waals surface area contributed by atoms with Crippen molar-refractivity contribution in [3.05, 3.63) is 0 Å². The number of rotatable bonds is 6. The summed E-state index contributed by atoms with van der Waals surface area (Å²) in [6.45, 7) is 15.5. The fraction of sp³-hybridized carbons (Fsp3) is 1.00. The molecule has 2 fully saturated rings. The standard InChI is InChI=1S/C15H31N3O2/c1-4-17-5-8-20-15(10-17)11-18-6-7-19-12-14(18)9-16-13(2)3/h13-16H,4-12H2,1-3H3. The fourth-order valence-electron chi connectivity index (χ4n) is 2.93. The van der Waals surface area contributed by atoms with Crippen molar-refractivity contribution in [2.75, 3.05) is 59.1 Å². The lowest BCUT2D eigenvalue weighted by molar-refractivity contribution is -0.0717. The highest BCUT2D eigenvalue weighted by Gasteiger charge is 2.28. The Morgan fingerprint density at radius 1 is 1.25 bits per heavy atom. The van der Waals surface area contributed by atoms with E-state index in [9.17, 15) is 0 Å². The van der Waals surface area contributed by atoms with Gasteiger partial charge in [0.25, 0.3) is 0 Å². The minimum Gasteiger partial charge on any atom is -0.378 e. The van der Waals surface area contributed by atoms with Crippen LogP contribution in [0.3, 0.4) is 0 Å². The third-order valence-corrected chi connectivity index (χ3v) is 4.22. The van der Waals surface area contributed by atoms with Gasteiger partial charge < -0.3 is 14.8 Å². The number of hydrogen-bond acceptors (Lipinski definition) is 5. The number of likely N-dealkylation sites (N-methyl/N-ethyl adjacent to an activating group) is 1. The zero-order valence-electron chi connectivity index (χ0n) is 13.3. The molecular weight excluding hydrogens is 254 g/mol. The van der Waals surface area contributed by atoms with E-state index in [1.54, 1.807) is 0 Å². The van der Waals surface area contributed by atoms with E-state index in [0.717, 1.165) is 59.1 Å². The number of hydrogen-bond donors (Lipinski definition) is 1. The Kier molecular flexibility index (Phi) is 6.71. The zero-order valence-corrected chi connectivity index (χ0v) is 13.3. The molecule has 0 spiro atoms. The molecule has 118 valence electrons. The second-order valence-corrected chi connectivity index (χ2v) is 6.17. The smallest absolute Gasteiger partial charge is 0.0829 e. The monoisotopic (exact) mass is 285 g/mol. The Morgan fingerprint density at radius 3 is 2.85 bits per heavy atom. The molecule has 5 nitrogen and oxygen atoms in total. The summed E-state index contributed by atoms with van der Waals surface area (Å²) in [7, 11) is 0. The van der Waals surface area contributed by atoms with Crippen LogP contribution in [0.2, 0.25) is 0 Å². The number of nitrogens with zero attached hydrogens (tertiary/aromatic N) is 2. The van der Waals surface area contributed by atoms with E-state index in [2.05, 4.69) is 35.9 Å². The lowest BCUT2D eigenvalue weighted by Crippen LogP contribution is -2.56. The molecule has 2 saturated heterocycles. The maximum absolute atomic E-state index is 5.94. The Hall–Kier alpha value is -0.200. The van der Waals surface area contributed by atoms with Crippen molar-refractivity contribution in [1.29, 1.82) is 0 Å². The Balaban J connectivity index is 1.81. The van der Waals surface area contributed by atoms with E-state index in [4.69, 9.17) is 9.47 Å². The normalized spacial score (nSPS) is 30.0. The summed E-state index contributed by atoms with van der Waals surface area (Å²) < 4.78 is 11.6. The molecule has 0 aromatic rings. The molecule has 2 heterocycles. The van der Waals surface area contributed by atoms with E-state index in [0.29, 0.717) is 18.2 Å². The van der Waals surface area contributed by atoms with Gasteiger partial charge in [0.1, 0.15) is 0 Å². The molecule has 2 aliphatic rings.